The molecule has 0 radical (unpaired) electrons. The van der Waals surface area contributed by atoms with Gasteiger partial charge in [0.2, 0.25) is 5.91 Å². The number of ether oxygens (including phenoxy) is 1. The number of methoxy groups -OCH3 is 1. The molecular weight excluding hydrogens is 244 g/mol. The summed E-state index contributed by atoms with van der Waals surface area (Å²) in [5.74, 6) is -0.546. The van der Waals surface area contributed by atoms with E-state index in [1.54, 1.807) is 6.92 Å². The summed E-state index contributed by atoms with van der Waals surface area (Å²) in [6.07, 6.45) is 0.565. The number of nitrogens with one attached hydrogen (secondary N) is 2. The fourth-order valence-electron chi connectivity index (χ4n) is 1.64. The van der Waals surface area contributed by atoms with Crippen molar-refractivity contribution in [1.82, 2.24) is 5.32 Å². The molecule has 0 heterocycles. The van der Waals surface area contributed by atoms with E-state index >= 15 is 0 Å². The second-order valence-electron chi connectivity index (χ2n) is 4.23. The molecule has 1 aromatic rings. The van der Waals surface area contributed by atoms with Crippen LogP contribution in [-0.2, 0) is 14.3 Å². The Morgan fingerprint density at radius 2 is 1.89 bits per heavy atom. The number of rotatable bonds is 6. The molecule has 2 N–H and O–H groups in total. The van der Waals surface area contributed by atoms with Crippen LogP contribution >= 0.6 is 0 Å². The van der Waals surface area contributed by atoms with Crippen LogP contribution in [0, 0.1) is 0 Å². The highest BCUT2D eigenvalue weighted by atomic mass is 16.5. The highest BCUT2D eigenvalue weighted by Gasteiger charge is 2.22. The van der Waals surface area contributed by atoms with E-state index in [0.29, 0.717) is 6.42 Å². The number of amides is 1. The van der Waals surface area contributed by atoms with Crippen molar-refractivity contribution in [2.24, 2.45) is 0 Å². The van der Waals surface area contributed by atoms with Crippen LogP contribution in [0.15, 0.2) is 30.3 Å². The lowest BCUT2D eigenvalue weighted by Crippen LogP contribution is -2.47. The number of esters is 1. The van der Waals surface area contributed by atoms with Gasteiger partial charge in [-0.3, -0.25) is 14.9 Å². The van der Waals surface area contributed by atoms with Gasteiger partial charge in [0.25, 0.3) is 0 Å². The third kappa shape index (κ3) is 4.71. The van der Waals surface area contributed by atoms with Gasteiger partial charge < -0.3 is 10.1 Å². The van der Waals surface area contributed by atoms with Crippen LogP contribution in [0.3, 0.4) is 0 Å². The fraction of sp³-hybridized carbons (Fsp3) is 0.429. The van der Waals surface area contributed by atoms with E-state index in [1.807, 2.05) is 37.3 Å². The number of para-hydroxylation sites is 1. The second kappa shape index (κ2) is 7.53. The molecule has 0 aromatic heterocycles. The van der Waals surface area contributed by atoms with Gasteiger partial charge in [0.15, 0.2) is 0 Å². The Kier molecular flexibility index (Phi) is 6.02. The number of benzene rings is 1. The molecule has 0 unspecified atom stereocenters. The molecule has 1 amide bonds. The van der Waals surface area contributed by atoms with E-state index in [9.17, 15) is 9.59 Å². The molecule has 0 aliphatic rings. The minimum absolute atomic E-state index is 0.187. The van der Waals surface area contributed by atoms with Crippen LogP contribution in [0.2, 0.25) is 0 Å². The van der Waals surface area contributed by atoms with Crippen molar-refractivity contribution < 1.29 is 14.3 Å². The van der Waals surface area contributed by atoms with E-state index in [4.69, 9.17) is 0 Å². The smallest absolute Gasteiger partial charge is 0.322 e. The summed E-state index contributed by atoms with van der Waals surface area (Å²) < 4.78 is 4.67. The third-order valence-corrected chi connectivity index (χ3v) is 2.78. The summed E-state index contributed by atoms with van der Waals surface area (Å²) in [5.41, 5.74) is 0.729. The van der Waals surface area contributed by atoms with Crippen LogP contribution in [-0.4, -0.2) is 31.1 Å². The molecule has 0 saturated carbocycles. The molecule has 0 spiro atoms. The Morgan fingerprint density at radius 3 is 2.42 bits per heavy atom. The zero-order valence-electron chi connectivity index (χ0n) is 11.5. The highest BCUT2D eigenvalue weighted by molar-refractivity contribution is 5.94. The molecule has 0 saturated heterocycles. The van der Waals surface area contributed by atoms with Crippen molar-refractivity contribution in [3.8, 4) is 0 Å². The topological polar surface area (TPSA) is 67.4 Å². The lowest BCUT2D eigenvalue weighted by molar-refractivity contribution is -0.143. The maximum absolute atomic E-state index is 11.9. The number of carbonyl (C=O) groups is 2. The van der Waals surface area contributed by atoms with Crippen molar-refractivity contribution in [2.75, 3.05) is 12.4 Å². The zero-order chi connectivity index (χ0) is 14.3. The first kappa shape index (κ1) is 15.2. The van der Waals surface area contributed by atoms with Crippen LogP contribution in [0.1, 0.15) is 20.3 Å². The molecule has 0 aliphatic heterocycles. The predicted molar refractivity (Wildman–Crippen MR) is 73.8 cm³/mol. The number of hydrogen-bond acceptors (Lipinski definition) is 4. The normalized spacial score (nSPS) is 13.4. The van der Waals surface area contributed by atoms with Gasteiger partial charge in [0, 0.05) is 5.69 Å². The second-order valence-corrected chi connectivity index (χ2v) is 4.23. The average molecular weight is 264 g/mol. The van der Waals surface area contributed by atoms with Crippen molar-refractivity contribution in [3.63, 3.8) is 0 Å². The van der Waals surface area contributed by atoms with Gasteiger partial charge in [-0.05, 0) is 25.5 Å². The van der Waals surface area contributed by atoms with Gasteiger partial charge >= 0.3 is 5.97 Å². The van der Waals surface area contributed by atoms with Crippen molar-refractivity contribution >= 4 is 17.6 Å². The summed E-state index contributed by atoms with van der Waals surface area (Å²) in [4.78, 5) is 23.4. The molecule has 19 heavy (non-hydrogen) atoms. The monoisotopic (exact) mass is 264 g/mol. The molecule has 1 rings (SSSR count). The van der Waals surface area contributed by atoms with Crippen LogP contribution < -0.4 is 10.6 Å². The first-order valence-electron chi connectivity index (χ1n) is 6.28. The quantitative estimate of drug-likeness (QED) is 0.765. The first-order chi connectivity index (χ1) is 9.08. The minimum Gasteiger partial charge on any atom is -0.468 e. The minimum atomic E-state index is -0.482. The van der Waals surface area contributed by atoms with Gasteiger partial charge in [-0.2, -0.15) is 0 Å². The largest absolute Gasteiger partial charge is 0.468 e. The number of anilines is 1. The summed E-state index contributed by atoms with van der Waals surface area (Å²) in [5, 5.41) is 5.73. The summed E-state index contributed by atoms with van der Waals surface area (Å²) >= 11 is 0. The van der Waals surface area contributed by atoms with E-state index in [0.717, 1.165) is 5.69 Å². The Bertz CT molecular complexity index is 420. The summed E-state index contributed by atoms with van der Waals surface area (Å²) in [6.45, 7) is 3.57. The Balaban J connectivity index is 2.55. The highest BCUT2D eigenvalue weighted by Crippen LogP contribution is 2.06. The maximum Gasteiger partial charge on any atom is 0.322 e. The Labute approximate surface area is 113 Å². The lowest BCUT2D eigenvalue weighted by atomic mass is 10.2. The van der Waals surface area contributed by atoms with Gasteiger partial charge in [-0.25, -0.2) is 0 Å². The molecule has 104 valence electrons. The molecule has 0 aliphatic carbocycles. The molecule has 1 aromatic carbocycles. The van der Waals surface area contributed by atoms with Gasteiger partial charge in [0.1, 0.15) is 6.04 Å². The SMILES string of the molecule is CC[C@H](N[C@H](C)C(=O)Nc1ccccc1)C(=O)OC. The summed E-state index contributed by atoms with van der Waals surface area (Å²) in [7, 11) is 1.33. The standard InChI is InChI=1S/C14H20N2O3/c1-4-12(14(18)19-3)15-10(2)13(17)16-11-8-6-5-7-9-11/h5-10,12,15H,4H2,1-3H3,(H,16,17)/t10-,12+/m1/s1. The number of carbonyl (C=O) groups excluding carboxylic acids is 2. The van der Waals surface area contributed by atoms with Gasteiger partial charge in [-0.1, -0.05) is 25.1 Å². The first-order valence-corrected chi connectivity index (χ1v) is 6.28. The molecule has 5 nitrogen and oxygen atoms in total. The third-order valence-electron chi connectivity index (χ3n) is 2.78. The van der Waals surface area contributed by atoms with Crippen molar-refractivity contribution in [3.05, 3.63) is 30.3 Å². The van der Waals surface area contributed by atoms with Crippen molar-refractivity contribution in [1.29, 1.82) is 0 Å². The Hall–Kier alpha value is -1.88. The molecular formula is C14H20N2O3. The molecule has 0 bridgehead atoms. The molecule has 0 fully saturated rings. The van der Waals surface area contributed by atoms with Crippen LogP contribution in [0.4, 0.5) is 5.69 Å². The predicted octanol–water partition coefficient (Wildman–Crippen LogP) is 1.55. The number of hydrogen-bond donors (Lipinski definition) is 2. The lowest BCUT2D eigenvalue weighted by Gasteiger charge is -2.19. The van der Waals surface area contributed by atoms with E-state index in [2.05, 4.69) is 15.4 Å². The van der Waals surface area contributed by atoms with E-state index in [1.165, 1.54) is 7.11 Å². The van der Waals surface area contributed by atoms with E-state index < -0.39 is 12.1 Å². The average Bonchev–Trinajstić information content (AvgIpc) is 2.44. The maximum atomic E-state index is 11.9. The summed E-state index contributed by atoms with van der Waals surface area (Å²) in [6, 6.07) is 8.23. The zero-order valence-corrected chi connectivity index (χ0v) is 11.5. The Morgan fingerprint density at radius 1 is 1.26 bits per heavy atom. The molecule has 5 heteroatoms. The van der Waals surface area contributed by atoms with E-state index in [-0.39, 0.29) is 11.9 Å². The van der Waals surface area contributed by atoms with Crippen molar-refractivity contribution in [2.45, 2.75) is 32.4 Å². The van der Waals surface area contributed by atoms with Crippen LogP contribution in [0.5, 0.6) is 0 Å². The fourth-order valence-corrected chi connectivity index (χ4v) is 1.64. The van der Waals surface area contributed by atoms with Crippen LogP contribution in [0.25, 0.3) is 0 Å². The molecule has 2 atom stereocenters. The van der Waals surface area contributed by atoms with Gasteiger partial charge in [-0.15, -0.1) is 0 Å². The van der Waals surface area contributed by atoms with Gasteiger partial charge in [0.05, 0.1) is 13.2 Å².